The SMILES string of the molecule is CC.COc1ncc(-c2cc([C@H]3C[C@@H]3c3ccc(C)cc3F)c3nccn3n2)c(OC)n1.N. The Morgan fingerprint density at radius 2 is 1.79 bits per heavy atom. The fraction of sp³-hybridized carbons (Fsp3) is 0.333. The third kappa shape index (κ3) is 4.49. The second-order valence-electron chi connectivity index (χ2n) is 7.43. The summed E-state index contributed by atoms with van der Waals surface area (Å²) in [4.78, 5) is 12.9. The Hall–Kier alpha value is -3.59. The van der Waals surface area contributed by atoms with Gasteiger partial charge in [-0.05, 0) is 48.4 Å². The first-order valence-electron chi connectivity index (χ1n) is 10.6. The van der Waals surface area contributed by atoms with E-state index in [0.717, 1.165) is 28.8 Å². The highest BCUT2D eigenvalue weighted by Crippen LogP contribution is 2.56. The van der Waals surface area contributed by atoms with E-state index in [0.29, 0.717) is 17.1 Å². The number of halogens is 1. The Labute approximate surface area is 192 Å². The van der Waals surface area contributed by atoms with Gasteiger partial charge in [0.1, 0.15) is 5.82 Å². The molecule has 3 aromatic heterocycles. The predicted molar refractivity (Wildman–Crippen MR) is 125 cm³/mol. The lowest BCUT2D eigenvalue weighted by Crippen LogP contribution is -2.02. The van der Waals surface area contributed by atoms with Gasteiger partial charge in [0.2, 0.25) is 5.88 Å². The largest absolute Gasteiger partial charge is 0.480 e. The summed E-state index contributed by atoms with van der Waals surface area (Å²) in [5.74, 6) is 0.507. The van der Waals surface area contributed by atoms with Crippen LogP contribution in [0, 0.1) is 12.7 Å². The molecule has 3 heterocycles. The zero-order valence-electron chi connectivity index (χ0n) is 19.5. The van der Waals surface area contributed by atoms with Gasteiger partial charge in [-0.3, -0.25) is 0 Å². The molecule has 0 radical (unpaired) electrons. The normalized spacial score (nSPS) is 16.4. The average Bonchev–Trinajstić information content (AvgIpc) is 3.45. The molecule has 0 aliphatic heterocycles. The molecule has 0 spiro atoms. The lowest BCUT2D eigenvalue weighted by molar-refractivity contribution is 0.353. The minimum absolute atomic E-state index is 0. The maximum atomic E-state index is 14.5. The van der Waals surface area contributed by atoms with Crippen molar-refractivity contribution in [2.45, 2.75) is 39.0 Å². The molecule has 0 amide bonds. The Bertz CT molecular complexity index is 1260. The Balaban J connectivity index is 0.000000994. The van der Waals surface area contributed by atoms with Crippen LogP contribution in [0.4, 0.5) is 4.39 Å². The average molecular weight is 453 g/mol. The lowest BCUT2D eigenvalue weighted by Gasteiger charge is -2.11. The van der Waals surface area contributed by atoms with Crippen molar-refractivity contribution < 1.29 is 13.9 Å². The molecule has 0 bridgehead atoms. The number of aryl methyl sites for hydroxylation is 1. The van der Waals surface area contributed by atoms with Crippen molar-refractivity contribution >= 4 is 5.65 Å². The summed E-state index contributed by atoms with van der Waals surface area (Å²) in [6.07, 6.45) is 6.00. The highest BCUT2D eigenvalue weighted by molar-refractivity contribution is 5.68. The number of rotatable bonds is 5. The maximum absolute atomic E-state index is 14.5. The molecule has 8 nitrogen and oxygen atoms in total. The van der Waals surface area contributed by atoms with E-state index in [4.69, 9.17) is 9.47 Å². The standard InChI is InChI=1S/C22H20FN5O2.C2H6.H3N/c1-12-4-5-13(18(23)8-12)14-9-15(14)16-10-19(27-28-7-6-24-20(16)28)17-11-25-22(30-3)26-21(17)29-2;1-2;/h4-8,10-11,14-15H,9H2,1-3H3;1-2H3;1H3/t14-,15+;;/m1../s1. The van der Waals surface area contributed by atoms with Crippen LogP contribution in [0.25, 0.3) is 16.9 Å². The molecule has 9 heteroatoms. The van der Waals surface area contributed by atoms with Gasteiger partial charge in [0.25, 0.3) is 0 Å². The summed E-state index contributed by atoms with van der Waals surface area (Å²) in [6, 6.07) is 7.63. The molecule has 1 aliphatic rings. The molecule has 3 N–H and O–H groups in total. The van der Waals surface area contributed by atoms with Crippen LogP contribution in [0.3, 0.4) is 0 Å². The second kappa shape index (κ2) is 9.91. The van der Waals surface area contributed by atoms with E-state index in [9.17, 15) is 4.39 Å². The van der Waals surface area contributed by atoms with Crippen LogP contribution in [0.2, 0.25) is 0 Å². The highest BCUT2D eigenvalue weighted by Gasteiger charge is 2.42. The van der Waals surface area contributed by atoms with E-state index in [-0.39, 0.29) is 29.8 Å². The number of methoxy groups -OCH3 is 2. The van der Waals surface area contributed by atoms with Crippen LogP contribution in [0.5, 0.6) is 11.9 Å². The van der Waals surface area contributed by atoms with Crippen molar-refractivity contribution in [1.29, 1.82) is 0 Å². The first-order valence-corrected chi connectivity index (χ1v) is 10.6. The minimum Gasteiger partial charge on any atom is -0.480 e. The molecule has 0 unspecified atom stereocenters. The predicted octanol–water partition coefficient (Wildman–Crippen LogP) is 5.11. The number of ether oxygens (including phenoxy) is 2. The van der Waals surface area contributed by atoms with Crippen molar-refractivity contribution in [2.24, 2.45) is 0 Å². The monoisotopic (exact) mass is 452 g/mol. The molecule has 1 aromatic carbocycles. The first kappa shape index (κ1) is 24.1. The van der Waals surface area contributed by atoms with Crippen LogP contribution in [-0.4, -0.2) is 38.8 Å². The van der Waals surface area contributed by atoms with Gasteiger partial charge in [0, 0.05) is 24.2 Å². The molecule has 4 aromatic rings. The first-order chi connectivity index (χ1) is 15.6. The van der Waals surface area contributed by atoms with Gasteiger partial charge >= 0.3 is 6.01 Å². The topological polar surface area (TPSA) is 109 Å². The molecule has 5 rings (SSSR count). The number of hydrogen-bond donors (Lipinski definition) is 1. The summed E-state index contributed by atoms with van der Waals surface area (Å²) in [6.45, 7) is 5.89. The number of benzene rings is 1. The Kier molecular flexibility index (Phi) is 7.23. The number of nitrogens with zero attached hydrogens (tertiary/aromatic N) is 5. The van der Waals surface area contributed by atoms with Crippen LogP contribution < -0.4 is 15.6 Å². The van der Waals surface area contributed by atoms with Crippen molar-refractivity contribution in [3.63, 3.8) is 0 Å². The highest BCUT2D eigenvalue weighted by atomic mass is 19.1. The quantitative estimate of drug-likeness (QED) is 0.448. The Morgan fingerprint density at radius 3 is 2.48 bits per heavy atom. The minimum atomic E-state index is -0.152. The third-order valence-electron chi connectivity index (χ3n) is 5.52. The fourth-order valence-electron chi connectivity index (χ4n) is 3.94. The van der Waals surface area contributed by atoms with Crippen molar-refractivity contribution in [3.05, 3.63) is 65.4 Å². The molecule has 1 aliphatic carbocycles. The van der Waals surface area contributed by atoms with Crippen molar-refractivity contribution in [1.82, 2.24) is 30.7 Å². The van der Waals surface area contributed by atoms with Gasteiger partial charge in [-0.25, -0.2) is 18.9 Å². The molecule has 174 valence electrons. The molecule has 0 saturated heterocycles. The fourth-order valence-corrected chi connectivity index (χ4v) is 3.94. The Morgan fingerprint density at radius 1 is 1.03 bits per heavy atom. The van der Waals surface area contributed by atoms with Gasteiger partial charge in [-0.1, -0.05) is 26.0 Å². The third-order valence-corrected chi connectivity index (χ3v) is 5.52. The number of hydrogen-bond acceptors (Lipinski definition) is 7. The lowest BCUT2D eigenvalue weighted by atomic mass is 10.0. The van der Waals surface area contributed by atoms with E-state index in [1.54, 1.807) is 36.3 Å². The smallest absolute Gasteiger partial charge is 0.319 e. The number of imidazole rings is 1. The summed E-state index contributed by atoms with van der Waals surface area (Å²) in [5, 5.41) is 4.65. The van der Waals surface area contributed by atoms with Gasteiger partial charge in [-0.2, -0.15) is 10.1 Å². The number of aromatic nitrogens is 5. The van der Waals surface area contributed by atoms with Gasteiger partial charge in [0.15, 0.2) is 5.65 Å². The van der Waals surface area contributed by atoms with E-state index >= 15 is 0 Å². The van der Waals surface area contributed by atoms with Gasteiger partial charge in [0.05, 0.1) is 25.5 Å². The van der Waals surface area contributed by atoms with E-state index in [1.165, 1.54) is 7.11 Å². The summed E-state index contributed by atoms with van der Waals surface area (Å²) in [5.41, 5.74) is 4.76. The summed E-state index contributed by atoms with van der Waals surface area (Å²) < 4.78 is 26.8. The molecular formula is C24H29FN6O2. The van der Waals surface area contributed by atoms with Crippen LogP contribution in [-0.2, 0) is 0 Å². The summed E-state index contributed by atoms with van der Waals surface area (Å²) >= 11 is 0. The van der Waals surface area contributed by atoms with E-state index in [2.05, 4.69) is 20.1 Å². The van der Waals surface area contributed by atoms with Crippen LogP contribution in [0.15, 0.2) is 42.9 Å². The van der Waals surface area contributed by atoms with E-state index in [1.807, 2.05) is 39.0 Å². The summed E-state index contributed by atoms with van der Waals surface area (Å²) in [7, 11) is 3.04. The van der Waals surface area contributed by atoms with Gasteiger partial charge in [-0.15, -0.1) is 0 Å². The van der Waals surface area contributed by atoms with Crippen molar-refractivity contribution in [3.8, 4) is 23.1 Å². The zero-order chi connectivity index (χ0) is 22.8. The molecule has 33 heavy (non-hydrogen) atoms. The van der Waals surface area contributed by atoms with Crippen LogP contribution in [0.1, 0.15) is 48.8 Å². The van der Waals surface area contributed by atoms with Crippen molar-refractivity contribution in [2.75, 3.05) is 14.2 Å². The molecule has 2 atom stereocenters. The van der Waals surface area contributed by atoms with Crippen LogP contribution >= 0.6 is 0 Å². The van der Waals surface area contributed by atoms with Gasteiger partial charge < -0.3 is 15.6 Å². The molecular weight excluding hydrogens is 423 g/mol. The number of fused-ring (bicyclic) bond motifs is 1. The van der Waals surface area contributed by atoms with E-state index < -0.39 is 0 Å². The maximum Gasteiger partial charge on any atom is 0.319 e. The zero-order valence-corrected chi connectivity index (χ0v) is 19.5. The molecule has 1 fully saturated rings. The molecule has 1 saturated carbocycles. The second-order valence-corrected chi connectivity index (χ2v) is 7.43.